The van der Waals surface area contributed by atoms with Crippen LogP contribution in [0, 0.1) is 6.92 Å². The standard InChI is InChI=1S/C20H20ClN3O3/c1-13-6-4-5-7-17(13)26-14(2)20(25)24(3)12-18-22-19(23-27-18)15-8-10-16(21)11-9-15/h4-11,14H,12H2,1-3H3/t14-/m0/s1. The van der Waals surface area contributed by atoms with Gasteiger partial charge in [-0.15, -0.1) is 0 Å². The van der Waals surface area contributed by atoms with Crippen LogP contribution in [0.15, 0.2) is 53.1 Å². The third-order valence-electron chi connectivity index (χ3n) is 4.06. The Bertz CT molecular complexity index is 924. The molecule has 0 fully saturated rings. The second kappa shape index (κ2) is 8.22. The molecule has 1 aromatic heterocycles. The van der Waals surface area contributed by atoms with E-state index in [-0.39, 0.29) is 12.5 Å². The maximum Gasteiger partial charge on any atom is 0.263 e. The van der Waals surface area contributed by atoms with E-state index in [0.717, 1.165) is 11.1 Å². The van der Waals surface area contributed by atoms with E-state index in [9.17, 15) is 4.79 Å². The van der Waals surface area contributed by atoms with Gasteiger partial charge in [0.05, 0.1) is 6.54 Å². The molecule has 0 aliphatic carbocycles. The molecular formula is C20H20ClN3O3. The Hall–Kier alpha value is -2.86. The number of ether oxygens (including phenoxy) is 1. The average Bonchev–Trinajstić information content (AvgIpc) is 3.12. The quantitative estimate of drug-likeness (QED) is 0.638. The number of nitrogens with zero attached hydrogens (tertiary/aromatic N) is 3. The summed E-state index contributed by atoms with van der Waals surface area (Å²) in [6.07, 6.45) is -0.630. The van der Waals surface area contributed by atoms with Crippen LogP contribution in [0.4, 0.5) is 0 Å². The Labute approximate surface area is 162 Å². The number of hydrogen-bond acceptors (Lipinski definition) is 5. The number of amides is 1. The first-order valence-corrected chi connectivity index (χ1v) is 8.87. The molecule has 0 aliphatic rings. The highest BCUT2D eigenvalue weighted by Gasteiger charge is 2.22. The van der Waals surface area contributed by atoms with Gasteiger partial charge in [0.2, 0.25) is 11.7 Å². The van der Waals surface area contributed by atoms with Crippen LogP contribution in [0.1, 0.15) is 18.4 Å². The van der Waals surface area contributed by atoms with Gasteiger partial charge in [-0.1, -0.05) is 35.0 Å². The number of rotatable bonds is 6. The number of benzene rings is 2. The maximum absolute atomic E-state index is 12.6. The number of likely N-dealkylation sites (N-methyl/N-ethyl adjacent to an activating group) is 1. The molecule has 3 rings (SSSR count). The van der Waals surface area contributed by atoms with Gasteiger partial charge >= 0.3 is 0 Å². The molecule has 1 atom stereocenters. The molecule has 6 nitrogen and oxygen atoms in total. The molecule has 0 radical (unpaired) electrons. The third kappa shape index (κ3) is 4.65. The number of aryl methyl sites for hydroxylation is 1. The van der Waals surface area contributed by atoms with E-state index in [4.69, 9.17) is 20.9 Å². The van der Waals surface area contributed by atoms with Gasteiger partial charge in [-0.25, -0.2) is 0 Å². The minimum atomic E-state index is -0.630. The number of halogens is 1. The van der Waals surface area contributed by atoms with Gasteiger partial charge in [-0.3, -0.25) is 4.79 Å². The highest BCUT2D eigenvalue weighted by Crippen LogP contribution is 2.20. The number of carbonyl (C=O) groups excluding carboxylic acids is 1. The minimum absolute atomic E-state index is 0.176. The summed E-state index contributed by atoms with van der Waals surface area (Å²) in [6.45, 7) is 3.85. The fourth-order valence-corrected chi connectivity index (χ4v) is 2.68. The lowest BCUT2D eigenvalue weighted by Gasteiger charge is -2.21. The van der Waals surface area contributed by atoms with Crippen LogP contribution in [0.2, 0.25) is 5.02 Å². The van der Waals surface area contributed by atoms with Crippen LogP contribution in [-0.4, -0.2) is 34.1 Å². The van der Waals surface area contributed by atoms with E-state index < -0.39 is 6.10 Å². The highest BCUT2D eigenvalue weighted by molar-refractivity contribution is 6.30. The summed E-state index contributed by atoms with van der Waals surface area (Å²) < 4.78 is 11.0. The molecule has 1 amide bonds. The summed E-state index contributed by atoms with van der Waals surface area (Å²) >= 11 is 5.89. The molecular weight excluding hydrogens is 366 g/mol. The van der Waals surface area contributed by atoms with Crippen LogP contribution in [-0.2, 0) is 11.3 Å². The summed E-state index contributed by atoms with van der Waals surface area (Å²) in [5.74, 6) is 1.31. The van der Waals surface area contributed by atoms with Crippen molar-refractivity contribution < 1.29 is 14.1 Å². The highest BCUT2D eigenvalue weighted by atomic mass is 35.5. The van der Waals surface area contributed by atoms with Crippen molar-refractivity contribution in [3.05, 3.63) is 65.0 Å². The molecule has 0 spiro atoms. The van der Waals surface area contributed by atoms with Crippen molar-refractivity contribution in [2.45, 2.75) is 26.5 Å². The molecule has 3 aromatic rings. The Morgan fingerprint density at radius 3 is 2.63 bits per heavy atom. The number of carbonyl (C=O) groups is 1. The lowest BCUT2D eigenvalue weighted by molar-refractivity contribution is -0.137. The normalized spacial score (nSPS) is 11.9. The average molecular weight is 386 g/mol. The maximum atomic E-state index is 12.6. The number of hydrogen-bond donors (Lipinski definition) is 0. The number of para-hydroxylation sites is 1. The van der Waals surface area contributed by atoms with E-state index in [1.165, 1.54) is 4.90 Å². The van der Waals surface area contributed by atoms with Gasteiger partial charge in [0.15, 0.2) is 6.10 Å². The second-order valence-corrected chi connectivity index (χ2v) is 6.67. The lowest BCUT2D eigenvalue weighted by atomic mass is 10.2. The van der Waals surface area contributed by atoms with Gasteiger partial charge in [-0.2, -0.15) is 4.98 Å². The van der Waals surface area contributed by atoms with Crippen molar-refractivity contribution in [3.8, 4) is 17.1 Å². The van der Waals surface area contributed by atoms with Crippen molar-refractivity contribution >= 4 is 17.5 Å². The zero-order chi connectivity index (χ0) is 19.4. The van der Waals surface area contributed by atoms with Gasteiger partial charge in [0.25, 0.3) is 5.91 Å². The monoisotopic (exact) mass is 385 g/mol. The first-order chi connectivity index (χ1) is 12.9. The number of aromatic nitrogens is 2. The molecule has 2 aromatic carbocycles. The zero-order valence-corrected chi connectivity index (χ0v) is 16.1. The first-order valence-electron chi connectivity index (χ1n) is 8.50. The molecule has 0 aliphatic heterocycles. The SMILES string of the molecule is Cc1ccccc1O[C@@H](C)C(=O)N(C)Cc1nc(-c2ccc(Cl)cc2)no1. The summed E-state index contributed by atoms with van der Waals surface area (Å²) in [7, 11) is 1.67. The first kappa shape index (κ1) is 18.9. The Morgan fingerprint density at radius 2 is 1.93 bits per heavy atom. The molecule has 140 valence electrons. The molecule has 0 bridgehead atoms. The van der Waals surface area contributed by atoms with Crippen molar-refractivity contribution in [2.24, 2.45) is 0 Å². The van der Waals surface area contributed by atoms with Crippen LogP contribution in [0.25, 0.3) is 11.4 Å². The molecule has 0 saturated heterocycles. The molecule has 0 saturated carbocycles. The van der Waals surface area contributed by atoms with Crippen LogP contribution < -0.4 is 4.74 Å². The van der Waals surface area contributed by atoms with Crippen LogP contribution >= 0.6 is 11.6 Å². The smallest absolute Gasteiger partial charge is 0.263 e. The van der Waals surface area contributed by atoms with Crippen molar-refractivity contribution in [1.82, 2.24) is 15.0 Å². The fourth-order valence-electron chi connectivity index (χ4n) is 2.56. The summed E-state index contributed by atoms with van der Waals surface area (Å²) in [5, 5.41) is 4.59. The van der Waals surface area contributed by atoms with Gasteiger partial charge in [0.1, 0.15) is 5.75 Å². The van der Waals surface area contributed by atoms with E-state index >= 15 is 0 Å². The summed E-state index contributed by atoms with van der Waals surface area (Å²) in [6, 6.07) is 14.7. The third-order valence-corrected chi connectivity index (χ3v) is 4.32. The Balaban J connectivity index is 1.63. The van der Waals surface area contributed by atoms with Gasteiger partial charge < -0.3 is 14.2 Å². The van der Waals surface area contributed by atoms with E-state index in [1.807, 2.05) is 43.3 Å². The predicted molar refractivity (Wildman–Crippen MR) is 102 cm³/mol. The fraction of sp³-hybridized carbons (Fsp3) is 0.250. The van der Waals surface area contributed by atoms with Crippen LogP contribution in [0.3, 0.4) is 0 Å². The summed E-state index contributed by atoms with van der Waals surface area (Å²) in [5.41, 5.74) is 1.77. The van der Waals surface area contributed by atoms with Crippen molar-refractivity contribution in [2.75, 3.05) is 7.05 Å². The van der Waals surface area contributed by atoms with Crippen molar-refractivity contribution in [3.63, 3.8) is 0 Å². The van der Waals surface area contributed by atoms with Gasteiger partial charge in [0, 0.05) is 17.6 Å². The molecule has 1 heterocycles. The molecule has 27 heavy (non-hydrogen) atoms. The largest absolute Gasteiger partial charge is 0.481 e. The summed E-state index contributed by atoms with van der Waals surface area (Å²) in [4.78, 5) is 18.4. The topological polar surface area (TPSA) is 68.5 Å². The second-order valence-electron chi connectivity index (χ2n) is 6.24. The molecule has 0 unspecified atom stereocenters. The van der Waals surface area contributed by atoms with Gasteiger partial charge in [-0.05, 0) is 49.7 Å². The van der Waals surface area contributed by atoms with E-state index in [1.54, 1.807) is 26.1 Å². The zero-order valence-electron chi connectivity index (χ0n) is 15.3. The minimum Gasteiger partial charge on any atom is -0.481 e. The van der Waals surface area contributed by atoms with E-state index in [2.05, 4.69) is 10.1 Å². The van der Waals surface area contributed by atoms with Crippen LogP contribution in [0.5, 0.6) is 5.75 Å². The van der Waals surface area contributed by atoms with Crippen molar-refractivity contribution in [1.29, 1.82) is 0 Å². The predicted octanol–water partition coefficient (Wildman–Crippen LogP) is 4.12. The Kier molecular flexibility index (Phi) is 5.76. The Morgan fingerprint density at radius 1 is 1.22 bits per heavy atom. The van der Waals surface area contributed by atoms with E-state index in [0.29, 0.717) is 22.5 Å². The molecule has 7 heteroatoms. The lowest BCUT2D eigenvalue weighted by Crippen LogP contribution is -2.37. The molecule has 0 N–H and O–H groups in total.